The molecular weight excluding hydrogens is 368 g/mol. The molecular formula is C16H14N8O2S. The molecule has 0 aromatic carbocycles. The van der Waals surface area contributed by atoms with E-state index in [1.807, 2.05) is 7.05 Å². The van der Waals surface area contributed by atoms with E-state index >= 15 is 0 Å². The van der Waals surface area contributed by atoms with Crippen LogP contribution in [0.1, 0.15) is 10.7 Å². The average molecular weight is 382 g/mol. The van der Waals surface area contributed by atoms with Crippen molar-refractivity contribution >= 4 is 32.6 Å². The number of imidazole rings is 1. The number of aromatic amines is 2. The van der Waals surface area contributed by atoms with Crippen molar-refractivity contribution in [2.24, 2.45) is 7.05 Å². The van der Waals surface area contributed by atoms with Crippen molar-refractivity contribution in [1.82, 2.24) is 39.1 Å². The predicted octanol–water partition coefficient (Wildman–Crippen LogP) is 0.654. The maximum Gasteiger partial charge on any atom is 0.325 e. The van der Waals surface area contributed by atoms with Gasteiger partial charge in [0.05, 0.1) is 29.7 Å². The lowest BCUT2D eigenvalue weighted by Gasteiger charge is -2.04. The number of thiazole rings is 1. The first-order valence-electron chi connectivity index (χ1n) is 8.18. The van der Waals surface area contributed by atoms with Crippen LogP contribution in [0.3, 0.4) is 0 Å². The molecule has 10 nitrogen and oxygen atoms in total. The summed E-state index contributed by atoms with van der Waals surface area (Å²) in [4.78, 5) is 31.8. The number of aromatic nitrogens is 8. The van der Waals surface area contributed by atoms with Gasteiger partial charge in [0.2, 0.25) is 0 Å². The molecule has 5 aromatic rings. The number of hydrogen-bond donors (Lipinski definition) is 2. The van der Waals surface area contributed by atoms with Crippen LogP contribution < -0.4 is 11.2 Å². The maximum atomic E-state index is 12.9. The van der Waals surface area contributed by atoms with Crippen molar-refractivity contribution in [1.29, 1.82) is 0 Å². The van der Waals surface area contributed by atoms with Crippen LogP contribution in [0.2, 0.25) is 0 Å². The van der Waals surface area contributed by atoms with Gasteiger partial charge in [-0.3, -0.25) is 14.5 Å². The molecule has 2 N–H and O–H groups in total. The molecule has 0 unspecified atom stereocenters. The monoisotopic (exact) mass is 382 g/mol. The highest BCUT2D eigenvalue weighted by molar-refractivity contribution is 7.19. The fourth-order valence-corrected chi connectivity index (χ4v) is 4.27. The highest BCUT2D eigenvalue weighted by Crippen LogP contribution is 2.30. The Morgan fingerprint density at radius 2 is 2.15 bits per heavy atom. The van der Waals surface area contributed by atoms with Crippen LogP contribution in [-0.2, 0) is 20.1 Å². The Morgan fingerprint density at radius 3 is 2.89 bits per heavy atom. The molecule has 5 rings (SSSR count). The van der Waals surface area contributed by atoms with Crippen LogP contribution >= 0.6 is 11.3 Å². The molecule has 0 amide bonds. The molecule has 5 heterocycles. The van der Waals surface area contributed by atoms with Crippen molar-refractivity contribution in [2.45, 2.75) is 13.1 Å². The van der Waals surface area contributed by atoms with E-state index in [1.54, 1.807) is 40.0 Å². The molecule has 0 aliphatic carbocycles. The van der Waals surface area contributed by atoms with Gasteiger partial charge in [-0.15, -0.1) is 11.3 Å². The van der Waals surface area contributed by atoms with Gasteiger partial charge in [0.25, 0.3) is 5.56 Å². The normalized spacial score (nSPS) is 11.7. The fourth-order valence-electron chi connectivity index (χ4n) is 3.17. The molecule has 0 aliphatic heterocycles. The van der Waals surface area contributed by atoms with E-state index in [0.29, 0.717) is 24.3 Å². The molecule has 0 fully saturated rings. The maximum absolute atomic E-state index is 12.9. The number of fused-ring (bicyclic) bond motifs is 3. The van der Waals surface area contributed by atoms with Gasteiger partial charge < -0.3 is 9.55 Å². The first kappa shape index (κ1) is 15.8. The Hall–Kier alpha value is -3.47. The second-order valence-electron chi connectivity index (χ2n) is 6.16. The van der Waals surface area contributed by atoms with Crippen molar-refractivity contribution in [3.8, 4) is 0 Å². The van der Waals surface area contributed by atoms with Gasteiger partial charge in [-0.2, -0.15) is 10.2 Å². The van der Waals surface area contributed by atoms with E-state index in [0.717, 1.165) is 20.8 Å². The van der Waals surface area contributed by atoms with Crippen molar-refractivity contribution < 1.29 is 0 Å². The molecule has 27 heavy (non-hydrogen) atoms. The third kappa shape index (κ3) is 2.43. The lowest BCUT2D eigenvalue weighted by molar-refractivity contribution is 0.631. The molecule has 0 saturated carbocycles. The van der Waals surface area contributed by atoms with E-state index in [4.69, 9.17) is 0 Å². The molecule has 0 saturated heterocycles. The standard InChI is InChI=1S/C16H14N8O2S/c1-22-12-10(6-19-24(15(12)25)7-9-2-3-18-21-9)13-14(22)20-11(27-13)8-23-5-4-17-16(23)26/h2-6H,7-8H2,1H3,(H,17,26)(H,18,21). The van der Waals surface area contributed by atoms with Crippen molar-refractivity contribution in [3.63, 3.8) is 0 Å². The number of nitrogens with zero attached hydrogens (tertiary/aromatic N) is 6. The summed E-state index contributed by atoms with van der Waals surface area (Å²) in [6.45, 7) is 0.705. The van der Waals surface area contributed by atoms with Gasteiger partial charge in [-0.25, -0.2) is 14.5 Å². The summed E-state index contributed by atoms with van der Waals surface area (Å²) in [6, 6.07) is 1.80. The van der Waals surface area contributed by atoms with Crippen molar-refractivity contribution in [3.05, 3.63) is 62.4 Å². The van der Waals surface area contributed by atoms with Gasteiger partial charge in [0.1, 0.15) is 10.5 Å². The van der Waals surface area contributed by atoms with Crippen LogP contribution in [0.15, 0.2) is 40.4 Å². The smallest absolute Gasteiger partial charge is 0.323 e. The summed E-state index contributed by atoms with van der Waals surface area (Å²) < 4.78 is 5.64. The van der Waals surface area contributed by atoms with Crippen molar-refractivity contribution in [2.75, 3.05) is 0 Å². The highest BCUT2D eigenvalue weighted by Gasteiger charge is 2.18. The summed E-state index contributed by atoms with van der Waals surface area (Å²) in [6.07, 6.45) is 6.61. The quantitative estimate of drug-likeness (QED) is 0.473. The second kappa shape index (κ2) is 5.77. The summed E-state index contributed by atoms with van der Waals surface area (Å²) in [5, 5.41) is 12.6. The summed E-state index contributed by atoms with van der Waals surface area (Å²) in [7, 11) is 1.82. The van der Waals surface area contributed by atoms with Gasteiger partial charge in [-0.05, 0) is 6.07 Å². The molecule has 0 aliphatic rings. The first-order valence-corrected chi connectivity index (χ1v) is 8.99. The lowest BCUT2D eigenvalue weighted by atomic mass is 10.3. The van der Waals surface area contributed by atoms with Crippen LogP contribution in [0, 0.1) is 0 Å². The SMILES string of the molecule is Cn1c2nc(Cn3cc[nH]c3=O)sc2c2cnn(Cc3ccn[nH]3)c(=O)c21. The number of hydrogen-bond acceptors (Lipinski definition) is 6. The Bertz CT molecular complexity index is 1380. The zero-order valence-electron chi connectivity index (χ0n) is 14.2. The Kier molecular flexibility index (Phi) is 3.37. The minimum atomic E-state index is -0.182. The van der Waals surface area contributed by atoms with Crippen LogP contribution in [0.4, 0.5) is 0 Å². The fraction of sp³-hybridized carbons (Fsp3) is 0.188. The van der Waals surface area contributed by atoms with E-state index < -0.39 is 0 Å². The van der Waals surface area contributed by atoms with Crippen LogP contribution in [0.5, 0.6) is 0 Å². The van der Waals surface area contributed by atoms with Crippen LogP contribution in [-0.4, -0.2) is 39.1 Å². The Labute approximate surface area is 154 Å². The van der Waals surface area contributed by atoms with Gasteiger partial charge in [0.15, 0.2) is 5.65 Å². The number of rotatable bonds is 4. The zero-order chi connectivity index (χ0) is 18.5. The number of aryl methyl sites for hydroxylation is 1. The second-order valence-corrected chi connectivity index (χ2v) is 7.25. The molecule has 11 heteroatoms. The molecule has 0 bridgehead atoms. The lowest BCUT2D eigenvalue weighted by Crippen LogP contribution is -2.24. The highest BCUT2D eigenvalue weighted by atomic mass is 32.1. The first-order chi connectivity index (χ1) is 13.1. The summed E-state index contributed by atoms with van der Waals surface area (Å²) >= 11 is 1.46. The Morgan fingerprint density at radius 1 is 1.26 bits per heavy atom. The van der Waals surface area contributed by atoms with Gasteiger partial charge >= 0.3 is 5.69 Å². The van der Waals surface area contributed by atoms with E-state index in [-0.39, 0.29) is 11.2 Å². The molecule has 0 spiro atoms. The van der Waals surface area contributed by atoms with Crippen LogP contribution in [0.25, 0.3) is 21.3 Å². The molecule has 136 valence electrons. The molecule has 0 atom stereocenters. The average Bonchev–Trinajstić information content (AvgIpc) is 3.41. The van der Waals surface area contributed by atoms with Gasteiger partial charge in [0, 0.05) is 31.0 Å². The topological polar surface area (TPSA) is 119 Å². The minimum Gasteiger partial charge on any atom is -0.323 e. The number of nitrogens with one attached hydrogen (secondary N) is 2. The minimum absolute atomic E-state index is 0.178. The molecule has 5 aromatic heterocycles. The molecule has 0 radical (unpaired) electrons. The van der Waals surface area contributed by atoms with Gasteiger partial charge in [-0.1, -0.05) is 0 Å². The van der Waals surface area contributed by atoms with E-state index in [1.165, 1.54) is 16.0 Å². The third-order valence-electron chi connectivity index (χ3n) is 4.48. The number of H-pyrrole nitrogens is 2. The third-order valence-corrected chi connectivity index (χ3v) is 5.54. The zero-order valence-corrected chi connectivity index (χ0v) is 15.0. The predicted molar refractivity (Wildman–Crippen MR) is 100.0 cm³/mol. The summed E-state index contributed by atoms with van der Waals surface area (Å²) in [5.74, 6) is 0. The summed E-state index contributed by atoms with van der Waals surface area (Å²) in [5.41, 5.74) is 1.72. The van der Waals surface area contributed by atoms with E-state index in [2.05, 4.69) is 25.3 Å². The van der Waals surface area contributed by atoms with E-state index in [9.17, 15) is 9.59 Å². The largest absolute Gasteiger partial charge is 0.325 e. The Balaban J connectivity index is 1.62.